The van der Waals surface area contributed by atoms with E-state index in [-0.39, 0.29) is 72.3 Å². The quantitative estimate of drug-likeness (QED) is 0.0436. The summed E-state index contributed by atoms with van der Waals surface area (Å²) in [6.07, 6.45) is 5.76. The number of nitrogens with zero attached hydrogens (tertiary/aromatic N) is 4. The summed E-state index contributed by atoms with van der Waals surface area (Å²) in [6, 6.07) is 31.5. The van der Waals surface area contributed by atoms with Crippen molar-refractivity contribution in [3.8, 4) is 23.0 Å². The van der Waals surface area contributed by atoms with E-state index < -0.39 is 0 Å². The second-order valence-corrected chi connectivity index (χ2v) is 14.3. The summed E-state index contributed by atoms with van der Waals surface area (Å²) in [4.78, 5) is 48.1. The van der Waals surface area contributed by atoms with Gasteiger partial charge in [0.2, 0.25) is 0 Å². The Hall–Kier alpha value is -5.88. The standard InChI is InChI=1S/C32H34N4O4.C17H16O4.Dy/c1-23-13-25(31(39)27(15-23)21-37)17-35(19-29-7-3-5-9-33-29)11-12-36(20-30-8-4-6-10-34-30)18-26-14-24(2)16-28(22-38)32(26)40;1-20-14-7-3-12(4-8-14)16(18)11-17(19)13-5-9-15(21-2)10-6-13;/h3-10,13-16,21-22,39-40H,11-12,17-20H2,1-2H3;3-11,18H,1-2H3;/q;;+3/p-3/b;16-11-;. The number of methoxy groups -OCH3 is 2. The van der Waals surface area contributed by atoms with Gasteiger partial charge in [0.15, 0.2) is 5.78 Å². The van der Waals surface area contributed by atoms with Crippen LogP contribution in [0.1, 0.15) is 70.3 Å². The molecular weight excluding hydrogens is 935 g/mol. The van der Waals surface area contributed by atoms with Gasteiger partial charge in [-0.1, -0.05) is 64.8 Å². The van der Waals surface area contributed by atoms with Crippen molar-refractivity contribution in [3.63, 3.8) is 0 Å². The number of ether oxygens (including phenoxy) is 2. The van der Waals surface area contributed by atoms with Crippen molar-refractivity contribution in [2.75, 3.05) is 27.3 Å². The van der Waals surface area contributed by atoms with Crippen molar-refractivity contribution in [1.82, 2.24) is 19.8 Å². The fraction of sp³-hybridized carbons (Fsp3) is 0.204. The summed E-state index contributed by atoms with van der Waals surface area (Å²) in [5.74, 6) is 0.112. The molecule has 0 aliphatic carbocycles. The number of aromatic nitrogens is 2. The molecule has 12 nitrogen and oxygen atoms in total. The molecule has 13 heteroatoms. The molecule has 0 spiro atoms. The van der Waals surface area contributed by atoms with Crippen molar-refractivity contribution >= 4 is 24.1 Å². The average molecular weight is 982 g/mol. The van der Waals surface area contributed by atoms with E-state index in [0.29, 0.717) is 85.6 Å². The molecule has 4 aromatic carbocycles. The Bertz CT molecular complexity index is 2300. The molecule has 62 heavy (non-hydrogen) atoms. The van der Waals surface area contributed by atoms with Crippen LogP contribution in [0.25, 0.3) is 5.76 Å². The molecule has 0 saturated carbocycles. The summed E-state index contributed by atoms with van der Waals surface area (Å²) in [5, 5.41) is 37.9. The third kappa shape index (κ3) is 14.4. The van der Waals surface area contributed by atoms with E-state index in [2.05, 4.69) is 19.8 Å². The second kappa shape index (κ2) is 24.5. The van der Waals surface area contributed by atoms with Crippen molar-refractivity contribution in [2.45, 2.75) is 40.0 Å². The predicted octanol–water partition coefficient (Wildman–Crippen LogP) is 5.86. The Kier molecular flexibility index (Phi) is 19.3. The number of allylic oxidation sites excluding steroid dienone is 1. The first-order valence-corrected chi connectivity index (χ1v) is 19.5. The van der Waals surface area contributed by atoms with Crippen molar-refractivity contribution in [1.29, 1.82) is 0 Å². The fourth-order valence-corrected chi connectivity index (χ4v) is 6.60. The van der Waals surface area contributed by atoms with Crippen molar-refractivity contribution in [3.05, 3.63) is 184 Å². The van der Waals surface area contributed by atoms with E-state index >= 15 is 0 Å². The van der Waals surface area contributed by atoms with Crippen LogP contribution in [0.3, 0.4) is 0 Å². The van der Waals surface area contributed by atoms with Crippen LogP contribution in [0.15, 0.2) is 128 Å². The Balaban J connectivity index is 0.000000324. The molecule has 0 saturated heterocycles. The Morgan fingerprint density at radius 3 is 1.40 bits per heavy atom. The number of rotatable bonds is 18. The first-order valence-electron chi connectivity index (χ1n) is 19.5. The van der Waals surface area contributed by atoms with Gasteiger partial charge in [-0.3, -0.25) is 34.2 Å². The molecule has 0 aliphatic heterocycles. The fourth-order valence-electron chi connectivity index (χ4n) is 6.60. The number of carbonyl (C=O) groups excluding carboxylic acids is 3. The average Bonchev–Trinajstić information content (AvgIpc) is 3.28. The molecule has 0 bridgehead atoms. The maximum absolute atomic E-state index is 12.9. The maximum Gasteiger partial charge on any atom is 3.00 e. The molecule has 321 valence electrons. The van der Waals surface area contributed by atoms with Gasteiger partial charge in [-0.2, -0.15) is 0 Å². The minimum absolute atomic E-state index is 0. The number of aryl methyl sites for hydroxylation is 2. The van der Waals surface area contributed by atoms with E-state index in [1.807, 2.05) is 62.4 Å². The van der Waals surface area contributed by atoms with Crippen molar-refractivity contribution in [2.24, 2.45) is 0 Å². The van der Waals surface area contributed by atoms with Gasteiger partial charge in [0.1, 0.15) is 24.1 Å². The van der Waals surface area contributed by atoms with Crippen LogP contribution in [-0.4, -0.2) is 65.4 Å². The number of carbonyl (C=O) groups is 3. The van der Waals surface area contributed by atoms with Crippen LogP contribution < -0.4 is 24.8 Å². The van der Waals surface area contributed by atoms with Gasteiger partial charge in [0.25, 0.3) is 0 Å². The molecule has 0 unspecified atom stereocenters. The minimum Gasteiger partial charge on any atom is -0.872 e. The minimum atomic E-state index is -0.335. The van der Waals surface area contributed by atoms with Crippen LogP contribution in [0, 0.1) is 52.0 Å². The van der Waals surface area contributed by atoms with Crippen molar-refractivity contribution < 1.29 is 77.4 Å². The van der Waals surface area contributed by atoms with E-state index in [1.54, 1.807) is 87.3 Å². The zero-order valence-corrected chi connectivity index (χ0v) is 36.9. The molecule has 2 aromatic heterocycles. The number of pyridine rings is 2. The molecule has 0 atom stereocenters. The maximum atomic E-state index is 12.9. The number of ketones is 1. The van der Waals surface area contributed by atoms with Gasteiger partial charge in [-0.25, -0.2) is 0 Å². The third-order valence-electron chi connectivity index (χ3n) is 9.69. The van der Waals surface area contributed by atoms with E-state index in [9.17, 15) is 29.7 Å². The summed E-state index contributed by atoms with van der Waals surface area (Å²) >= 11 is 0. The van der Waals surface area contributed by atoms with Gasteiger partial charge in [-0.05, 0) is 109 Å². The van der Waals surface area contributed by atoms with Gasteiger partial charge in [0.05, 0.1) is 25.6 Å². The summed E-state index contributed by atoms with van der Waals surface area (Å²) in [5.41, 5.74) is 5.68. The van der Waals surface area contributed by atoms with E-state index in [4.69, 9.17) is 9.47 Å². The second-order valence-electron chi connectivity index (χ2n) is 14.3. The van der Waals surface area contributed by atoms with Crippen LogP contribution in [-0.2, 0) is 26.2 Å². The molecule has 0 amide bonds. The molecular formula is C49H47DyN4O8. The van der Waals surface area contributed by atoms with E-state index in [1.165, 1.54) is 0 Å². The first kappa shape index (κ1) is 48.8. The molecule has 6 rings (SSSR count). The first-order chi connectivity index (χ1) is 29.5. The number of hydrogen-bond acceptors (Lipinski definition) is 12. The third-order valence-corrected chi connectivity index (χ3v) is 9.69. The Morgan fingerprint density at radius 1 is 0.613 bits per heavy atom. The summed E-state index contributed by atoms with van der Waals surface area (Å²) in [6.45, 7) is 6.49. The number of hydrogen-bond donors (Lipinski definition) is 0. The summed E-state index contributed by atoms with van der Waals surface area (Å²) < 4.78 is 10.0. The molecule has 0 fully saturated rings. The van der Waals surface area contributed by atoms with Crippen LogP contribution >= 0.6 is 0 Å². The van der Waals surface area contributed by atoms with Gasteiger partial charge in [0, 0.05) is 68.4 Å². The number of aldehydes is 2. The Labute approximate surface area is 392 Å². The monoisotopic (exact) mass is 983 g/mol. The number of benzene rings is 4. The van der Waals surface area contributed by atoms with Crippen LogP contribution in [0.4, 0.5) is 0 Å². The molecule has 0 N–H and O–H groups in total. The topological polar surface area (TPSA) is 171 Å². The van der Waals surface area contributed by atoms with E-state index in [0.717, 1.165) is 28.6 Å². The molecule has 6 aromatic rings. The smallest absolute Gasteiger partial charge is 0.872 e. The SMILES string of the molecule is COc1ccc(C(=O)/C=C(\[O-])c2ccc(OC)cc2)cc1.Cc1cc(C=O)c([O-])c(CN(CCN(Cc2ccccn2)Cc2cc(C)cc(C=O)c2[O-])Cc2ccccn2)c1.[Dy+3]. The van der Waals surface area contributed by atoms with Crippen LogP contribution in [0.5, 0.6) is 23.0 Å². The van der Waals surface area contributed by atoms with Gasteiger partial charge < -0.3 is 24.8 Å². The molecule has 2 heterocycles. The van der Waals surface area contributed by atoms with Gasteiger partial charge >= 0.3 is 38.2 Å². The molecule has 0 aliphatic rings. The zero-order valence-electron chi connectivity index (χ0n) is 34.9. The summed E-state index contributed by atoms with van der Waals surface area (Å²) in [7, 11) is 3.10. The predicted molar refractivity (Wildman–Crippen MR) is 227 cm³/mol. The Morgan fingerprint density at radius 2 is 1.03 bits per heavy atom. The largest absolute Gasteiger partial charge is 3.00 e. The van der Waals surface area contributed by atoms with Crippen LogP contribution in [0.2, 0.25) is 0 Å². The molecule has 1 radical (unpaired) electrons. The normalized spacial score (nSPS) is 11.0. The van der Waals surface area contributed by atoms with Gasteiger partial charge in [-0.15, -0.1) is 0 Å². The zero-order chi connectivity index (χ0) is 43.7.